The molecule has 0 spiro atoms. The van der Waals surface area contributed by atoms with E-state index in [9.17, 15) is 4.79 Å². The first-order valence-electron chi connectivity index (χ1n) is 7.40. The van der Waals surface area contributed by atoms with Gasteiger partial charge in [-0.1, -0.05) is 15.9 Å². The van der Waals surface area contributed by atoms with Crippen LogP contribution in [0.1, 0.15) is 12.5 Å². The van der Waals surface area contributed by atoms with Gasteiger partial charge in [0, 0.05) is 16.2 Å². The first-order chi connectivity index (χ1) is 11.4. The highest BCUT2D eigenvalue weighted by molar-refractivity contribution is 9.10. The summed E-state index contributed by atoms with van der Waals surface area (Å²) in [6.45, 7) is 3.59. The number of hydrogen-bond acceptors (Lipinski definition) is 4. The van der Waals surface area contributed by atoms with Gasteiger partial charge in [0.2, 0.25) is 0 Å². The number of carbonyl (C=O) groups excluding carboxylic acids is 1. The van der Waals surface area contributed by atoms with Gasteiger partial charge in [-0.05, 0) is 49.7 Å². The number of benzene rings is 2. The average Bonchev–Trinajstić information content (AvgIpc) is 2.58. The van der Waals surface area contributed by atoms with Crippen LogP contribution >= 0.6 is 15.9 Å². The van der Waals surface area contributed by atoms with Gasteiger partial charge in [-0.15, -0.1) is 0 Å². The minimum atomic E-state index is -0.640. The van der Waals surface area contributed by atoms with Crippen LogP contribution in [-0.2, 0) is 4.79 Å². The van der Waals surface area contributed by atoms with Crippen LogP contribution < -0.4 is 19.5 Å². The van der Waals surface area contributed by atoms with Crippen molar-refractivity contribution in [3.05, 3.63) is 46.4 Å². The largest absolute Gasteiger partial charge is 0.493 e. The molecule has 0 saturated carbocycles. The number of anilines is 1. The smallest absolute Gasteiger partial charge is 0.265 e. The molecule has 0 radical (unpaired) electrons. The van der Waals surface area contributed by atoms with E-state index in [1.54, 1.807) is 39.3 Å². The summed E-state index contributed by atoms with van der Waals surface area (Å²) in [5.74, 6) is 1.56. The van der Waals surface area contributed by atoms with Gasteiger partial charge in [0.25, 0.3) is 5.91 Å². The number of aryl methyl sites for hydroxylation is 1. The summed E-state index contributed by atoms with van der Waals surface area (Å²) in [5.41, 5.74) is 1.53. The molecule has 0 bridgehead atoms. The Kier molecular flexibility index (Phi) is 6.09. The van der Waals surface area contributed by atoms with Crippen molar-refractivity contribution in [2.75, 3.05) is 19.5 Å². The number of nitrogens with one attached hydrogen (secondary N) is 1. The summed E-state index contributed by atoms with van der Waals surface area (Å²) >= 11 is 3.36. The van der Waals surface area contributed by atoms with Crippen molar-refractivity contribution < 1.29 is 19.0 Å². The zero-order valence-corrected chi connectivity index (χ0v) is 15.6. The number of carbonyl (C=O) groups is 1. The van der Waals surface area contributed by atoms with E-state index in [2.05, 4.69) is 21.2 Å². The molecule has 2 rings (SSSR count). The SMILES string of the molecule is COc1cc(C)c(NC(=O)C(C)Oc2ccc(Br)cc2)cc1OC. The molecule has 2 aromatic carbocycles. The zero-order valence-electron chi connectivity index (χ0n) is 14.1. The predicted octanol–water partition coefficient (Wildman–Crippen LogP) is 4.18. The quantitative estimate of drug-likeness (QED) is 0.799. The number of halogens is 1. The second-order valence-corrected chi connectivity index (χ2v) is 6.14. The van der Waals surface area contributed by atoms with Crippen LogP contribution in [0.4, 0.5) is 5.69 Å². The van der Waals surface area contributed by atoms with Crippen molar-refractivity contribution in [2.24, 2.45) is 0 Å². The van der Waals surface area contributed by atoms with E-state index < -0.39 is 6.10 Å². The molecule has 1 unspecified atom stereocenters. The summed E-state index contributed by atoms with van der Waals surface area (Å²) in [7, 11) is 3.13. The molecule has 24 heavy (non-hydrogen) atoms. The van der Waals surface area contributed by atoms with E-state index >= 15 is 0 Å². The summed E-state index contributed by atoms with van der Waals surface area (Å²) < 4.78 is 17.1. The number of amides is 1. The lowest BCUT2D eigenvalue weighted by atomic mass is 10.1. The first kappa shape index (κ1) is 18.1. The van der Waals surface area contributed by atoms with Gasteiger partial charge in [0.05, 0.1) is 14.2 Å². The van der Waals surface area contributed by atoms with Gasteiger partial charge in [-0.25, -0.2) is 0 Å². The van der Waals surface area contributed by atoms with E-state index in [0.717, 1.165) is 10.0 Å². The summed E-state index contributed by atoms with van der Waals surface area (Å²) in [6.07, 6.45) is -0.640. The van der Waals surface area contributed by atoms with Gasteiger partial charge in [0.15, 0.2) is 17.6 Å². The van der Waals surface area contributed by atoms with Gasteiger partial charge >= 0.3 is 0 Å². The normalized spacial score (nSPS) is 11.5. The monoisotopic (exact) mass is 393 g/mol. The minimum Gasteiger partial charge on any atom is -0.493 e. The highest BCUT2D eigenvalue weighted by Crippen LogP contribution is 2.33. The molecule has 0 fully saturated rings. The maximum Gasteiger partial charge on any atom is 0.265 e. The minimum absolute atomic E-state index is 0.242. The van der Waals surface area contributed by atoms with E-state index in [1.807, 2.05) is 25.1 Å². The van der Waals surface area contributed by atoms with E-state index in [4.69, 9.17) is 14.2 Å². The van der Waals surface area contributed by atoms with Gasteiger partial charge in [-0.3, -0.25) is 4.79 Å². The molecule has 0 aliphatic heterocycles. The summed E-state index contributed by atoms with van der Waals surface area (Å²) in [5, 5.41) is 2.86. The lowest BCUT2D eigenvalue weighted by Gasteiger charge is -2.17. The van der Waals surface area contributed by atoms with Crippen LogP contribution in [0.3, 0.4) is 0 Å². The maximum absolute atomic E-state index is 12.4. The van der Waals surface area contributed by atoms with Crippen LogP contribution in [0.25, 0.3) is 0 Å². The second kappa shape index (κ2) is 8.06. The maximum atomic E-state index is 12.4. The van der Waals surface area contributed by atoms with Gasteiger partial charge < -0.3 is 19.5 Å². The van der Waals surface area contributed by atoms with E-state index in [1.165, 1.54) is 0 Å². The number of ether oxygens (including phenoxy) is 3. The van der Waals surface area contributed by atoms with Gasteiger partial charge in [-0.2, -0.15) is 0 Å². The van der Waals surface area contributed by atoms with Crippen LogP contribution in [-0.4, -0.2) is 26.2 Å². The topological polar surface area (TPSA) is 56.8 Å². The molecule has 6 heteroatoms. The Morgan fingerprint density at radius 1 is 1.08 bits per heavy atom. The van der Waals surface area contributed by atoms with Crippen molar-refractivity contribution in [2.45, 2.75) is 20.0 Å². The Hall–Kier alpha value is -2.21. The Balaban J connectivity index is 2.09. The third kappa shape index (κ3) is 4.41. The van der Waals surface area contributed by atoms with Crippen LogP contribution in [0.2, 0.25) is 0 Å². The van der Waals surface area contributed by atoms with Crippen molar-refractivity contribution in [3.63, 3.8) is 0 Å². The molecule has 1 atom stereocenters. The van der Waals surface area contributed by atoms with E-state index in [0.29, 0.717) is 22.9 Å². The van der Waals surface area contributed by atoms with Crippen LogP contribution in [0, 0.1) is 6.92 Å². The Morgan fingerprint density at radius 3 is 2.25 bits per heavy atom. The Labute approximate surface area is 150 Å². The van der Waals surface area contributed by atoms with Crippen molar-refractivity contribution in [1.82, 2.24) is 0 Å². The van der Waals surface area contributed by atoms with Gasteiger partial charge in [0.1, 0.15) is 5.75 Å². The lowest BCUT2D eigenvalue weighted by molar-refractivity contribution is -0.122. The number of methoxy groups -OCH3 is 2. The molecule has 2 aromatic rings. The van der Waals surface area contributed by atoms with Crippen LogP contribution in [0.15, 0.2) is 40.9 Å². The molecule has 0 aromatic heterocycles. The summed E-state index contributed by atoms with van der Waals surface area (Å²) in [4.78, 5) is 12.4. The fourth-order valence-electron chi connectivity index (χ4n) is 2.12. The third-order valence-corrected chi connectivity index (χ3v) is 4.01. The lowest BCUT2D eigenvalue weighted by Crippen LogP contribution is -2.30. The average molecular weight is 394 g/mol. The standard InChI is InChI=1S/C18H20BrNO4/c1-11-9-16(22-3)17(23-4)10-15(11)20-18(21)12(2)24-14-7-5-13(19)6-8-14/h5-10,12H,1-4H3,(H,20,21). The molecular weight excluding hydrogens is 374 g/mol. The molecule has 1 N–H and O–H groups in total. The molecule has 128 valence electrons. The summed E-state index contributed by atoms with van der Waals surface area (Å²) in [6, 6.07) is 10.9. The number of hydrogen-bond donors (Lipinski definition) is 1. The third-order valence-electron chi connectivity index (χ3n) is 3.48. The molecule has 1 amide bonds. The second-order valence-electron chi connectivity index (χ2n) is 5.23. The van der Waals surface area contributed by atoms with Crippen molar-refractivity contribution in [1.29, 1.82) is 0 Å². The van der Waals surface area contributed by atoms with Crippen molar-refractivity contribution in [3.8, 4) is 17.2 Å². The van der Waals surface area contributed by atoms with Crippen LogP contribution in [0.5, 0.6) is 17.2 Å². The molecule has 5 nitrogen and oxygen atoms in total. The Morgan fingerprint density at radius 2 is 1.67 bits per heavy atom. The van der Waals surface area contributed by atoms with Crippen molar-refractivity contribution >= 4 is 27.5 Å². The molecule has 0 heterocycles. The molecule has 0 aliphatic carbocycles. The predicted molar refractivity (Wildman–Crippen MR) is 97.1 cm³/mol. The Bertz CT molecular complexity index is 716. The number of rotatable bonds is 6. The highest BCUT2D eigenvalue weighted by atomic mass is 79.9. The van der Waals surface area contributed by atoms with E-state index in [-0.39, 0.29) is 5.91 Å². The fourth-order valence-corrected chi connectivity index (χ4v) is 2.38. The fraction of sp³-hybridized carbons (Fsp3) is 0.278. The highest BCUT2D eigenvalue weighted by Gasteiger charge is 2.17. The first-order valence-corrected chi connectivity index (χ1v) is 8.19. The molecular formula is C18H20BrNO4. The molecule has 0 saturated heterocycles. The zero-order chi connectivity index (χ0) is 17.7. The molecule has 0 aliphatic rings.